The van der Waals surface area contributed by atoms with E-state index in [1.165, 1.54) is 6.92 Å². The topological polar surface area (TPSA) is 77.0 Å². The summed E-state index contributed by atoms with van der Waals surface area (Å²) in [5.74, 6) is -0.328. The Labute approximate surface area is 164 Å². The van der Waals surface area contributed by atoms with E-state index in [4.69, 9.17) is 4.52 Å². The molecule has 0 N–H and O–H groups in total. The molecule has 10 heteroatoms. The highest BCUT2D eigenvalue weighted by Gasteiger charge is 2.37. The minimum Gasteiger partial charge on any atom is -0.342 e. The summed E-state index contributed by atoms with van der Waals surface area (Å²) in [6.45, 7) is 2.85. The fourth-order valence-electron chi connectivity index (χ4n) is 3.79. The Morgan fingerprint density at radius 3 is 2.93 bits per heavy atom. The molecule has 4 rings (SSSR count). The van der Waals surface area contributed by atoms with E-state index in [0.29, 0.717) is 32.5 Å². The number of carbonyl (C=O) groups is 1. The smallest absolute Gasteiger partial charge is 0.342 e. The van der Waals surface area contributed by atoms with Crippen LogP contribution in [0.15, 0.2) is 29.0 Å². The fourth-order valence-corrected chi connectivity index (χ4v) is 3.79. The molecule has 0 saturated carbocycles. The second kappa shape index (κ2) is 7.49. The molecule has 29 heavy (non-hydrogen) atoms. The van der Waals surface area contributed by atoms with E-state index in [0.717, 1.165) is 6.07 Å². The van der Waals surface area contributed by atoms with Crippen molar-refractivity contribution in [2.75, 3.05) is 13.1 Å². The van der Waals surface area contributed by atoms with Crippen LogP contribution < -0.4 is 0 Å². The molecule has 1 fully saturated rings. The molecular formula is C19H20F3N5O2. The molecule has 1 aliphatic rings. The molecule has 4 heterocycles. The van der Waals surface area contributed by atoms with E-state index >= 15 is 0 Å². The third kappa shape index (κ3) is 3.96. The minimum absolute atomic E-state index is 0.0437. The highest BCUT2D eigenvalue weighted by Crippen LogP contribution is 2.38. The minimum atomic E-state index is -4.54. The second-order valence-electron chi connectivity index (χ2n) is 7.24. The Bertz CT molecular complexity index is 1010. The van der Waals surface area contributed by atoms with Crippen LogP contribution in [0.1, 0.15) is 42.1 Å². The lowest BCUT2D eigenvalue weighted by atomic mass is 9.92. The summed E-state index contributed by atoms with van der Waals surface area (Å²) in [4.78, 5) is 18.6. The molecule has 0 aliphatic carbocycles. The van der Waals surface area contributed by atoms with Crippen molar-refractivity contribution < 1.29 is 22.5 Å². The number of alkyl halides is 3. The Morgan fingerprint density at radius 2 is 2.21 bits per heavy atom. The van der Waals surface area contributed by atoms with Crippen LogP contribution in [-0.2, 0) is 17.5 Å². The molecule has 0 radical (unpaired) electrons. The van der Waals surface area contributed by atoms with Crippen LogP contribution in [0, 0.1) is 6.92 Å². The van der Waals surface area contributed by atoms with Gasteiger partial charge in [-0.15, -0.1) is 0 Å². The van der Waals surface area contributed by atoms with Gasteiger partial charge in [0.05, 0.1) is 22.3 Å². The average Bonchev–Trinajstić information content (AvgIpc) is 3.35. The van der Waals surface area contributed by atoms with Crippen molar-refractivity contribution in [2.45, 2.75) is 44.8 Å². The van der Waals surface area contributed by atoms with Crippen LogP contribution in [0.4, 0.5) is 13.2 Å². The molecule has 0 bridgehead atoms. The number of amides is 1. The van der Waals surface area contributed by atoms with E-state index in [9.17, 15) is 18.0 Å². The zero-order valence-corrected chi connectivity index (χ0v) is 15.8. The van der Waals surface area contributed by atoms with Gasteiger partial charge in [-0.1, -0.05) is 5.16 Å². The highest BCUT2D eigenvalue weighted by molar-refractivity contribution is 5.81. The molecule has 0 spiro atoms. The molecule has 7 nitrogen and oxygen atoms in total. The van der Waals surface area contributed by atoms with Gasteiger partial charge in [-0.2, -0.15) is 18.3 Å². The summed E-state index contributed by atoms with van der Waals surface area (Å²) < 4.78 is 47.5. The summed E-state index contributed by atoms with van der Waals surface area (Å²) in [5.41, 5.74) is -0.469. The van der Waals surface area contributed by atoms with Crippen LogP contribution in [0.3, 0.4) is 0 Å². The van der Waals surface area contributed by atoms with E-state index < -0.39 is 11.7 Å². The number of pyridine rings is 1. The second-order valence-corrected chi connectivity index (χ2v) is 7.24. The van der Waals surface area contributed by atoms with Gasteiger partial charge in [0.25, 0.3) is 5.71 Å². The molecular weight excluding hydrogens is 387 g/mol. The number of nitrogens with zero attached hydrogens (tertiary/aromatic N) is 5. The highest BCUT2D eigenvalue weighted by atomic mass is 19.4. The lowest BCUT2D eigenvalue weighted by Gasteiger charge is -2.32. The fraction of sp³-hybridized carbons (Fsp3) is 0.474. The average molecular weight is 407 g/mol. The number of aromatic nitrogens is 4. The van der Waals surface area contributed by atoms with Crippen molar-refractivity contribution in [1.29, 1.82) is 0 Å². The Balaban J connectivity index is 1.55. The van der Waals surface area contributed by atoms with Gasteiger partial charge in [-0.25, -0.2) is 4.98 Å². The molecule has 154 valence electrons. The van der Waals surface area contributed by atoms with Crippen molar-refractivity contribution in [1.82, 2.24) is 24.8 Å². The third-order valence-electron chi connectivity index (χ3n) is 5.25. The number of fused-ring (bicyclic) bond motifs is 1. The standard InChI is InChI=1S/C19H20F3N5O2/c1-12-17-14(19(20,21)22)10-15(24-18(17)29-25-12)13-4-2-7-26(11-13)16(28)5-9-27-8-3-6-23-27/h3,6,8,10,13H,2,4-5,7,9,11H2,1H3. The van der Waals surface area contributed by atoms with Gasteiger partial charge in [0, 0.05) is 44.4 Å². The van der Waals surface area contributed by atoms with Crippen molar-refractivity contribution in [3.8, 4) is 0 Å². The first-order valence-electron chi connectivity index (χ1n) is 9.42. The zero-order chi connectivity index (χ0) is 20.6. The van der Waals surface area contributed by atoms with Crippen LogP contribution in [-0.4, -0.2) is 43.8 Å². The van der Waals surface area contributed by atoms with Gasteiger partial charge < -0.3 is 9.42 Å². The number of likely N-dealkylation sites (tertiary alicyclic amines) is 1. The molecule has 1 aliphatic heterocycles. The first-order chi connectivity index (χ1) is 13.8. The van der Waals surface area contributed by atoms with Gasteiger partial charge >= 0.3 is 6.18 Å². The van der Waals surface area contributed by atoms with Crippen LogP contribution in [0.2, 0.25) is 0 Å². The summed E-state index contributed by atoms with van der Waals surface area (Å²) in [7, 11) is 0. The number of hydrogen-bond acceptors (Lipinski definition) is 5. The van der Waals surface area contributed by atoms with Gasteiger partial charge in [-0.3, -0.25) is 9.48 Å². The molecule has 3 aromatic heterocycles. The summed E-state index contributed by atoms with van der Waals surface area (Å²) >= 11 is 0. The van der Waals surface area contributed by atoms with E-state index in [2.05, 4.69) is 15.2 Å². The van der Waals surface area contributed by atoms with Gasteiger partial charge in [-0.05, 0) is 31.9 Å². The van der Waals surface area contributed by atoms with Crippen molar-refractivity contribution in [3.05, 3.63) is 41.5 Å². The summed E-state index contributed by atoms with van der Waals surface area (Å²) in [6.07, 6.45) is 0.535. The first kappa shape index (κ1) is 19.4. The number of carbonyl (C=O) groups excluding carboxylic acids is 1. The molecule has 1 amide bonds. The molecule has 1 unspecified atom stereocenters. The van der Waals surface area contributed by atoms with Crippen LogP contribution >= 0.6 is 0 Å². The monoisotopic (exact) mass is 407 g/mol. The van der Waals surface area contributed by atoms with Crippen LogP contribution in [0.5, 0.6) is 0 Å². The van der Waals surface area contributed by atoms with E-state index in [1.54, 1.807) is 28.0 Å². The molecule has 1 saturated heterocycles. The SMILES string of the molecule is Cc1noc2nc(C3CCCN(C(=O)CCn4cccn4)C3)cc(C(F)(F)F)c12. The van der Waals surface area contributed by atoms with Gasteiger partial charge in [0.15, 0.2) is 0 Å². The van der Waals surface area contributed by atoms with E-state index in [1.807, 2.05) is 0 Å². The predicted molar refractivity (Wildman–Crippen MR) is 96.9 cm³/mol. The maximum absolute atomic E-state index is 13.6. The number of aryl methyl sites for hydroxylation is 2. The zero-order valence-electron chi connectivity index (χ0n) is 15.8. The quantitative estimate of drug-likeness (QED) is 0.661. The van der Waals surface area contributed by atoms with Crippen LogP contribution in [0.25, 0.3) is 11.1 Å². The van der Waals surface area contributed by atoms with Gasteiger partial charge in [0.1, 0.15) is 0 Å². The molecule has 0 aromatic carbocycles. The number of piperidine rings is 1. The molecule has 3 aromatic rings. The Hall–Kier alpha value is -2.91. The molecule has 1 atom stereocenters. The first-order valence-corrected chi connectivity index (χ1v) is 9.42. The maximum atomic E-state index is 13.6. The number of rotatable bonds is 4. The predicted octanol–water partition coefficient (Wildman–Crippen LogP) is 3.54. The van der Waals surface area contributed by atoms with Crippen molar-refractivity contribution in [2.24, 2.45) is 0 Å². The van der Waals surface area contributed by atoms with Gasteiger partial charge in [0.2, 0.25) is 5.91 Å². The number of hydrogen-bond donors (Lipinski definition) is 0. The summed E-state index contributed by atoms with van der Waals surface area (Å²) in [6, 6.07) is 2.86. The van der Waals surface area contributed by atoms with Crippen molar-refractivity contribution in [3.63, 3.8) is 0 Å². The lowest BCUT2D eigenvalue weighted by Crippen LogP contribution is -2.39. The summed E-state index contributed by atoms with van der Waals surface area (Å²) in [5, 5.41) is 7.60. The van der Waals surface area contributed by atoms with E-state index in [-0.39, 0.29) is 40.7 Å². The third-order valence-corrected chi connectivity index (χ3v) is 5.25. The normalized spacial score (nSPS) is 17.8. The number of halogens is 3. The lowest BCUT2D eigenvalue weighted by molar-refractivity contribution is -0.136. The maximum Gasteiger partial charge on any atom is 0.417 e. The Kier molecular flexibility index (Phi) is 5.01. The van der Waals surface area contributed by atoms with Crippen molar-refractivity contribution >= 4 is 17.0 Å². The Morgan fingerprint density at radius 1 is 1.38 bits per heavy atom. The largest absolute Gasteiger partial charge is 0.417 e.